The number of rotatable bonds is 20. The van der Waals surface area contributed by atoms with Crippen molar-refractivity contribution in [1.82, 2.24) is 10.2 Å². The van der Waals surface area contributed by atoms with E-state index in [1.807, 2.05) is 4.90 Å². The van der Waals surface area contributed by atoms with Gasteiger partial charge in [-0.3, -0.25) is 14.4 Å². The normalized spacial score (nSPS) is 15.1. The van der Waals surface area contributed by atoms with E-state index in [9.17, 15) is 19.2 Å². The summed E-state index contributed by atoms with van der Waals surface area (Å²) < 4.78 is 0. The first-order chi connectivity index (χ1) is 16.4. The molecule has 2 N–H and O–H groups in total. The molecule has 7 nitrogen and oxygen atoms in total. The molecule has 1 aliphatic rings. The number of nitrogens with one attached hydrogen (secondary N) is 1. The van der Waals surface area contributed by atoms with Gasteiger partial charge in [0.05, 0.1) is 6.04 Å². The molecule has 0 unspecified atom stereocenters. The summed E-state index contributed by atoms with van der Waals surface area (Å²) >= 11 is 0. The van der Waals surface area contributed by atoms with Crippen molar-refractivity contribution in [3.8, 4) is 0 Å². The Bertz CT molecular complexity index is 588. The van der Waals surface area contributed by atoms with Crippen LogP contribution in [0.15, 0.2) is 0 Å². The Balaban J connectivity index is 1.88. The van der Waals surface area contributed by atoms with Gasteiger partial charge in [-0.2, -0.15) is 0 Å². The second-order valence-electron chi connectivity index (χ2n) is 9.93. The molecule has 1 saturated heterocycles. The smallest absolute Gasteiger partial charge is 0.303 e. The molecule has 0 radical (unpaired) electrons. The predicted molar refractivity (Wildman–Crippen MR) is 134 cm³/mol. The van der Waals surface area contributed by atoms with Crippen molar-refractivity contribution in [1.29, 1.82) is 0 Å². The number of piperidine rings is 1. The molecule has 196 valence electrons. The van der Waals surface area contributed by atoms with Crippen molar-refractivity contribution >= 4 is 24.1 Å². The minimum Gasteiger partial charge on any atom is -0.481 e. The van der Waals surface area contributed by atoms with Crippen LogP contribution in [0.1, 0.15) is 122 Å². The first-order valence-electron chi connectivity index (χ1n) is 13.7. The van der Waals surface area contributed by atoms with Crippen molar-refractivity contribution in [3.05, 3.63) is 0 Å². The Hall–Kier alpha value is -1.92. The lowest BCUT2D eigenvalue weighted by atomic mass is 9.95. The summed E-state index contributed by atoms with van der Waals surface area (Å²) in [7, 11) is 0. The van der Waals surface area contributed by atoms with E-state index < -0.39 is 12.0 Å². The Morgan fingerprint density at radius 3 is 1.62 bits per heavy atom. The molecule has 0 bridgehead atoms. The number of unbranched alkanes of at least 4 members (excludes halogenated alkanes) is 13. The summed E-state index contributed by atoms with van der Waals surface area (Å²) in [5.74, 6) is -0.642. The molecule has 0 saturated carbocycles. The second-order valence-corrected chi connectivity index (χ2v) is 9.93. The SMILES string of the molecule is C[C@H](C=O)NC(=O)C1CCN(C(=O)CCCCCCCCCCCCCCCCC(=O)O)CC1. The van der Waals surface area contributed by atoms with E-state index in [0.29, 0.717) is 38.8 Å². The minimum atomic E-state index is -0.684. The fourth-order valence-electron chi connectivity index (χ4n) is 4.60. The number of carbonyl (C=O) groups excluding carboxylic acids is 3. The number of likely N-dealkylation sites (tertiary alicyclic amines) is 1. The van der Waals surface area contributed by atoms with E-state index in [1.54, 1.807) is 6.92 Å². The Morgan fingerprint density at radius 1 is 0.794 bits per heavy atom. The molecule has 1 atom stereocenters. The molecule has 1 rings (SSSR count). The van der Waals surface area contributed by atoms with E-state index in [-0.39, 0.29) is 17.7 Å². The molecule has 7 heteroatoms. The van der Waals surface area contributed by atoms with Crippen LogP contribution in [0.4, 0.5) is 0 Å². The molecule has 0 aromatic rings. The molecule has 2 amide bonds. The number of carboxylic acids is 1. The van der Waals surface area contributed by atoms with Crippen LogP contribution in [-0.2, 0) is 19.2 Å². The average molecular weight is 481 g/mol. The molecule has 0 aromatic heterocycles. The molecular formula is C27H48N2O5. The van der Waals surface area contributed by atoms with E-state index >= 15 is 0 Å². The van der Waals surface area contributed by atoms with E-state index in [0.717, 1.165) is 38.4 Å². The van der Waals surface area contributed by atoms with Gasteiger partial charge >= 0.3 is 5.97 Å². The number of aldehydes is 1. The maximum atomic E-state index is 12.4. The Labute approximate surface area is 206 Å². The van der Waals surface area contributed by atoms with Gasteiger partial charge in [0.25, 0.3) is 0 Å². The van der Waals surface area contributed by atoms with Crippen LogP contribution >= 0.6 is 0 Å². The molecule has 0 aromatic carbocycles. The summed E-state index contributed by atoms with van der Waals surface area (Å²) in [4.78, 5) is 47.5. The first kappa shape index (κ1) is 30.1. The molecule has 0 spiro atoms. The van der Waals surface area contributed by atoms with Gasteiger partial charge in [0, 0.05) is 31.8 Å². The Kier molecular flexibility index (Phi) is 17.2. The summed E-state index contributed by atoms with van der Waals surface area (Å²) in [6.45, 7) is 2.94. The summed E-state index contributed by atoms with van der Waals surface area (Å²) in [5, 5.41) is 11.3. The van der Waals surface area contributed by atoms with Gasteiger partial charge < -0.3 is 20.1 Å². The zero-order valence-corrected chi connectivity index (χ0v) is 21.4. The van der Waals surface area contributed by atoms with Gasteiger partial charge in [-0.05, 0) is 32.6 Å². The van der Waals surface area contributed by atoms with Gasteiger partial charge in [-0.1, -0.05) is 77.0 Å². The van der Waals surface area contributed by atoms with Gasteiger partial charge in [0.15, 0.2) is 0 Å². The van der Waals surface area contributed by atoms with E-state index in [2.05, 4.69) is 5.32 Å². The highest BCUT2D eigenvalue weighted by atomic mass is 16.4. The van der Waals surface area contributed by atoms with Crippen molar-refractivity contribution in [2.24, 2.45) is 5.92 Å². The maximum Gasteiger partial charge on any atom is 0.303 e. The quantitative estimate of drug-likeness (QED) is 0.183. The number of hydrogen-bond acceptors (Lipinski definition) is 4. The third kappa shape index (κ3) is 15.1. The lowest BCUT2D eigenvalue weighted by molar-refractivity contribution is -0.137. The molecule has 1 heterocycles. The van der Waals surface area contributed by atoms with Gasteiger partial charge in [-0.25, -0.2) is 0 Å². The van der Waals surface area contributed by atoms with Crippen LogP contribution in [0, 0.1) is 5.92 Å². The maximum absolute atomic E-state index is 12.4. The van der Waals surface area contributed by atoms with Crippen LogP contribution in [0.25, 0.3) is 0 Å². The first-order valence-corrected chi connectivity index (χ1v) is 13.7. The van der Waals surface area contributed by atoms with Crippen LogP contribution in [0.5, 0.6) is 0 Å². The fraction of sp³-hybridized carbons (Fsp3) is 0.852. The van der Waals surface area contributed by atoms with Crippen molar-refractivity contribution in [2.75, 3.05) is 13.1 Å². The lowest BCUT2D eigenvalue weighted by Gasteiger charge is -2.31. The van der Waals surface area contributed by atoms with Crippen molar-refractivity contribution < 1.29 is 24.3 Å². The standard InChI is InChI=1S/C27H48N2O5/c1-23(22-30)28-27(34)24-18-20-29(21-19-24)25(31)16-14-12-10-8-6-4-2-3-5-7-9-11-13-15-17-26(32)33/h22-24H,2-21H2,1H3,(H,28,34)(H,32,33)/t23-/m1/s1. The van der Waals surface area contributed by atoms with Crippen molar-refractivity contribution in [2.45, 2.75) is 129 Å². The minimum absolute atomic E-state index is 0.0725. The van der Waals surface area contributed by atoms with Crippen molar-refractivity contribution in [3.63, 3.8) is 0 Å². The largest absolute Gasteiger partial charge is 0.481 e. The Morgan fingerprint density at radius 2 is 1.21 bits per heavy atom. The highest BCUT2D eigenvalue weighted by Gasteiger charge is 2.27. The second kappa shape index (κ2) is 19.4. The molecule has 1 fully saturated rings. The predicted octanol–water partition coefficient (Wildman–Crippen LogP) is 5.25. The summed E-state index contributed by atoms with van der Waals surface area (Å²) in [6, 6.07) is -0.452. The fourth-order valence-corrected chi connectivity index (χ4v) is 4.60. The molecule has 34 heavy (non-hydrogen) atoms. The highest BCUT2D eigenvalue weighted by molar-refractivity contribution is 5.82. The number of hydrogen-bond donors (Lipinski definition) is 2. The zero-order chi connectivity index (χ0) is 25.0. The van der Waals surface area contributed by atoms with Gasteiger partial charge in [0.1, 0.15) is 6.29 Å². The number of carbonyl (C=O) groups is 4. The lowest BCUT2D eigenvalue weighted by Crippen LogP contribution is -2.45. The topological polar surface area (TPSA) is 104 Å². The number of carboxylic acid groups (broad SMARTS) is 1. The van der Waals surface area contributed by atoms with Gasteiger partial charge in [0.2, 0.25) is 11.8 Å². The van der Waals surface area contributed by atoms with E-state index in [1.165, 1.54) is 57.8 Å². The number of aliphatic carboxylic acids is 1. The molecule has 0 aliphatic carbocycles. The molecule has 1 aliphatic heterocycles. The highest BCUT2D eigenvalue weighted by Crippen LogP contribution is 2.19. The van der Waals surface area contributed by atoms with E-state index in [4.69, 9.17) is 5.11 Å². The number of nitrogens with zero attached hydrogens (tertiary/aromatic N) is 1. The average Bonchev–Trinajstić information content (AvgIpc) is 2.83. The van der Waals surface area contributed by atoms with Crippen LogP contribution < -0.4 is 5.32 Å². The summed E-state index contributed by atoms with van der Waals surface area (Å²) in [5.41, 5.74) is 0. The van der Waals surface area contributed by atoms with Gasteiger partial charge in [-0.15, -0.1) is 0 Å². The summed E-state index contributed by atoms with van der Waals surface area (Å²) in [6.07, 6.45) is 19.5. The third-order valence-corrected chi connectivity index (χ3v) is 6.82. The molecular weight excluding hydrogens is 432 g/mol. The van der Waals surface area contributed by atoms with Crippen LogP contribution in [-0.4, -0.2) is 53.2 Å². The monoisotopic (exact) mass is 480 g/mol. The third-order valence-electron chi connectivity index (χ3n) is 6.82. The van der Waals surface area contributed by atoms with Crippen LogP contribution in [0.2, 0.25) is 0 Å². The van der Waals surface area contributed by atoms with Crippen LogP contribution in [0.3, 0.4) is 0 Å². The number of amides is 2. The zero-order valence-electron chi connectivity index (χ0n) is 21.4.